The van der Waals surface area contributed by atoms with Crippen LogP contribution in [0, 0.1) is 0 Å². The Labute approximate surface area is 111 Å². The summed E-state index contributed by atoms with van der Waals surface area (Å²) in [6.45, 7) is 1.91. The molecule has 2 aromatic rings. The molecule has 100 valence electrons. The fourth-order valence-corrected chi connectivity index (χ4v) is 2.24. The first-order chi connectivity index (χ1) is 9.38. The van der Waals surface area contributed by atoms with Gasteiger partial charge in [-0.15, -0.1) is 5.10 Å². The summed E-state index contributed by atoms with van der Waals surface area (Å²) >= 11 is 0. The van der Waals surface area contributed by atoms with Crippen molar-refractivity contribution >= 4 is 0 Å². The Morgan fingerprint density at radius 1 is 1.42 bits per heavy atom. The number of nitrogens with zero attached hydrogens (tertiary/aromatic N) is 4. The zero-order valence-corrected chi connectivity index (χ0v) is 10.8. The number of hydrogen-bond acceptors (Lipinski definition) is 5. The summed E-state index contributed by atoms with van der Waals surface area (Å²) in [7, 11) is 1.64. The fraction of sp³-hybridized carbons (Fsp3) is 0.462. The largest absolute Gasteiger partial charge is 0.381 e. The minimum Gasteiger partial charge on any atom is -0.381 e. The van der Waals surface area contributed by atoms with Gasteiger partial charge in [0.2, 0.25) is 0 Å². The molecule has 1 aliphatic rings. The normalized spacial score (nSPS) is 18.9. The van der Waals surface area contributed by atoms with Gasteiger partial charge in [0.15, 0.2) is 5.82 Å². The summed E-state index contributed by atoms with van der Waals surface area (Å²) in [5, 5.41) is 4.51. The molecule has 1 unspecified atom stereocenters. The molecule has 0 radical (unpaired) electrons. The molecule has 6 heteroatoms. The van der Waals surface area contributed by atoms with Crippen LogP contribution in [0.1, 0.15) is 24.0 Å². The Hall–Kier alpha value is -1.79. The van der Waals surface area contributed by atoms with Crippen LogP contribution in [0.4, 0.5) is 0 Å². The van der Waals surface area contributed by atoms with Gasteiger partial charge < -0.3 is 9.47 Å². The molecule has 1 saturated heterocycles. The predicted octanol–water partition coefficient (Wildman–Crippen LogP) is 1.31. The van der Waals surface area contributed by atoms with Crippen molar-refractivity contribution in [1.29, 1.82) is 0 Å². The lowest BCUT2D eigenvalue weighted by Crippen LogP contribution is -2.09. The number of methoxy groups -OCH3 is 1. The van der Waals surface area contributed by atoms with Crippen molar-refractivity contribution in [2.45, 2.75) is 18.9 Å². The van der Waals surface area contributed by atoms with Crippen molar-refractivity contribution < 1.29 is 9.47 Å². The lowest BCUT2D eigenvalue weighted by atomic mass is 10.1. The van der Waals surface area contributed by atoms with E-state index in [0.29, 0.717) is 25.0 Å². The molecule has 0 aliphatic carbocycles. The quantitative estimate of drug-likeness (QED) is 0.829. The number of aromatic nitrogens is 4. The Morgan fingerprint density at radius 2 is 2.26 bits per heavy atom. The van der Waals surface area contributed by atoms with E-state index in [1.165, 1.54) is 0 Å². The second kappa shape index (κ2) is 5.46. The number of hydrogen-bond donors (Lipinski definition) is 0. The lowest BCUT2D eigenvalue weighted by molar-refractivity contribution is 0.177. The van der Waals surface area contributed by atoms with Gasteiger partial charge in [0, 0.05) is 32.0 Å². The summed E-state index contributed by atoms with van der Waals surface area (Å²) < 4.78 is 12.4. The predicted molar refractivity (Wildman–Crippen MR) is 68.0 cm³/mol. The second-order valence-electron chi connectivity index (χ2n) is 4.50. The number of rotatable bonds is 4. The summed E-state index contributed by atoms with van der Waals surface area (Å²) in [6, 6.07) is 3.84. The van der Waals surface area contributed by atoms with E-state index in [-0.39, 0.29) is 0 Å². The lowest BCUT2D eigenvalue weighted by Gasteiger charge is -2.09. The minimum atomic E-state index is 0.297. The maximum Gasteiger partial charge on any atom is 0.176 e. The molecule has 1 fully saturated rings. The van der Waals surface area contributed by atoms with Gasteiger partial charge in [-0.2, -0.15) is 0 Å². The van der Waals surface area contributed by atoms with E-state index in [0.717, 1.165) is 24.5 Å². The molecule has 0 aromatic carbocycles. The molecule has 1 atom stereocenters. The van der Waals surface area contributed by atoms with E-state index >= 15 is 0 Å². The van der Waals surface area contributed by atoms with Crippen molar-refractivity contribution in [3.63, 3.8) is 0 Å². The summed E-state index contributed by atoms with van der Waals surface area (Å²) in [4.78, 5) is 8.62. The molecule has 6 nitrogen and oxygen atoms in total. The zero-order chi connectivity index (χ0) is 13.1. The molecule has 0 N–H and O–H groups in total. The van der Waals surface area contributed by atoms with Gasteiger partial charge in [-0.05, 0) is 18.6 Å². The van der Waals surface area contributed by atoms with Crippen LogP contribution in [0.25, 0.3) is 5.69 Å². The summed E-state index contributed by atoms with van der Waals surface area (Å²) in [6.07, 6.45) is 4.49. The third-order valence-electron chi connectivity index (χ3n) is 3.15. The standard InChI is InChI=1S/C13H16N4O2/c1-18-9-12-15-13(10-4-7-19-8-10)17(16-12)11-2-5-14-6-3-11/h2-3,5-6,10H,4,7-9H2,1H3. The van der Waals surface area contributed by atoms with Crippen LogP contribution in [-0.4, -0.2) is 40.1 Å². The van der Waals surface area contributed by atoms with E-state index in [9.17, 15) is 0 Å². The Bertz CT molecular complexity index is 535. The van der Waals surface area contributed by atoms with Crippen LogP contribution >= 0.6 is 0 Å². The Morgan fingerprint density at radius 3 is 2.95 bits per heavy atom. The van der Waals surface area contributed by atoms with Crippen LogP contribution in [0.3, 0.4) is 0 Å². The molecule has 19 heavy (non-hydrogen) atoms. The second-order valence-corrected chi connectivity index (χ2v) is 4.50. The Kier molecular flexibility index (Phi) is 3.52. The van der Waals surface area contributed by atoms with Gasteiger partial charge >= 0.3 is 0 Å². The van der Waals surface area contributed by atoms with E-state index in [1.54, 1.807) is 19.5 Å². The summed E-state index contributed by atoms with van der Waals surface area (Å²) in [5.41, 5.74) is 0.965. The van der Waals surface area contributed by atoms with Gasteiger partial charge in [-0.25, -0.2) is 9.67 Å². The monoisotopic (exact) mass is 260 g/mol. The average molecular weight is 260 g/mol. The smallest absolute Gasteiger partial charge is 0.176 e. The summed E-state index contributed by atoms with van der Waals surface area (Å²) in [5.74, 6) is 1.93. The van der Waals surface area contributed by atoms with Crippen LogP contribution in [0.5, 0.6) is 0 Å². The molecular formula is C13H16N4O2. The van der Waals surface area contributed by atoms with Gasteiger partial charge in [-0.1, -0.05) is 0 Å². The molecule has 0 amide bonds. The van der Waals surface area contributed by atoms with Gasteiger partial charge in [-0.3, -0.25) is 4.98 Å². The van der Waals surface area contributed by atoms with Crippen LogP contribution < -0.4 is 0 Å². The molecule has 0 spiro atoms. The fourth-order valence-electron chi connectivity index (χ4n) is 2.24. The molecule has 3 heterocycles. The van der Waals surface area contributed by atoms with Gasteiger partial charge in [0.1, 0.15) is 12.4 Å². The number of pyridine rings is 1. The van der Waals surface area contributed by atoms with Crippen LogP contribution in [-0.2, 0) is 16.1 Å². The molecule has 3 rings (SSSR count). The van der Waals surface area contributed by atoms with Gasteiger partial charge in [0.25, 0.3) is 0 Å². The SMILES string of the molecule is COCc1nc(C2CCOC2)n(-c2ccncc2)n1. The van der Waals surface area contributed by atoms with Crippen molar-refractivity contribution in [3.05, 3.63) is 36.2 Å². The topological polar surface area (TPSA) is 62.1 Å². The van der Waals surface area contributed by atoms with Crippen molar-refractivity contribution in [1.82, 2.24) is 19.7 Å². The maximum absolute atomic E-state index is 5.45. The highest BCUT2D eigenvalue weighted by molar-refractivity contribution is 5.29. The van der Waals surface area contributed by atoms with E-state index in [2.05, 4.69) is 15.1 Å². The molecule has 0 saturated carbocycles. The highest BCUT2D eigenvalue weighted by Crippen LogP contribution is 2.25. The molecular weight excluding hydrogens is 244 g/mol. The van der Waals surface area contributed by atoms with Crippen LogP contribution in [0.15, 0.2) is 24.5 Å². The van der Waals surface area contributed by atoms with Gasteiger partial charge in [0.05, 0.1) is 12.3 Å². The first-order valence-electron chi connectivity index (χ1n) is 6.31. The molecule has 1 aliphatic heterocycles. The number of ether oxygens (including phenoxy) is 2. The van der Waals surface area contributed by atoms with Crippen molar-refractivity contribution in [2.24, 2.45) is 0 Å². The third kappa shape index (κ3) is 2.50. The van der Waals surface area contributed by atoms with E-state index in [4.69, 9.17) is 9.47 Å². The average Bonchev–Trinajstić information content (AvgIpc) is 3.08. The first-order valence-corrected chi connectivity index (χ1v) is 6.31. The minimum absolute atomic E-state index is 0.297. The molecule has 0 bridgehead atoms. The highest BCUT2D eigenvalue weighted by Gasteiger charge is 2.25. The van der Waals surface area contributed by atoms with Crippen molar-refractivity contribution in [3.8, 4) is 5.69 Å². The van der Waals surface area contributed by atoms with E-state index in [1.807, 2.05) is 16.8 Å². The first kappa shape index (κ1) is 12.3. The van der Waals surface area contributed by atoms with E-state index < -0.39 is 0 Å². The molecule has 2 aromatic heterocycles. The maximum atomic E-state index is 5.45. The van der Waals surface area contributed by atoms with Crippen molar-refractivity contribution in [2.75, 3.05) is 20.3 Å². The zero-order valence-electron chi connectivity index (χ0n) is 10.8. The Balaban J connectivity index is 2.00. The third-order valence-corrected chi connectivity index (χ3v) is 3.15. The van der Waals surface area contributed by atoms with Crippen LogP contribution in [0.2, 0.25) is 0 Å². The highest BCUT2D eigenvalue weighted by atomic mass is 16.5.